The lowest BCUT2D eigenvalue weighted by molar-refractivity contribution is -0.151. The zero-order valence-corrected chi connectivity index (χ0v) is 5.60. The van der Waals surface area contributed by atoms with Crippen LogP contribution in [-0.4, -0.2) is 39.9 Å². The van der Waals surface area contributed by atoms with Crippen LogP contribution >= 0.6 is 0 Å². The Labute approximate surface area is 62.2 Å². The predicted octanol–water partition coefficient (Wildman–Crippen LogP) is -1.91. The second-order valence-electron chi connectivity index (χ2n) is 1.99. The summed E-state index contributed by atoms with van der Waals surface area (Å²) in [6, 6.07) is -1.56. The molecule has 0 saturated carbocycles. The van der Waals surface area contributed by atoms with Crippen LogP contribution in [0.4, 0.5) is 0 Å². The summed E-state index contributed by atoms with van der Waals surface area (Å²) >= 11 is 0. The quantitative estimate of drug-likeness (QED) is 0.383. The monoisotopic (exact) mass is 163 g/mol. The molecule has 0 aliphatic rings. The van der Waals surface area contributed by atoms with E-state index in [1.165, 1.54) is 0 Å². The van der Waals surface area contributed by atoms with Gasteiger partial charge in [0.2, 0.25) is 0 Å². The lowest BCUT2D eigenvalue weighted by Gasteiger charge is -2.12. The molecule has 0 aromatic rings. The highest BCUT2D eigenvalue weighted by Crippen LogP contribution is 2.00. The van der Waals surface area contributed by atoms with Gasteiger partial charge in [0.05, 0.1) is 6.61 Å². The molecule has 0 rings (SSSR count). The predicted molar refractivity (Wildman–Crippen MR) is 33.8 cm³/mol. The maximum absolute atomic E-state index is 10.2. The third-order valence-corrected chi connectivity index (χ3v) is 1.23. The summed E-state index contributed by atoms with van der Waals surface area (Å²) in [7, 11) is 0. The van der Waals surface area contributed by atoms with Crippen LogP contribution in [0.25, 0.3) is 0 Å². The van der Waals surface area contributed by atoms with Crippen LogP contribution in [0.5, 0.6) is 0 Å². The van der Waals surface area contributed by atoms with Crippen LogP contribution in [0.3, 0.4) is 0 Å². The number of aliphatic carboxylic acids is 2. The van der Waals surface area contributed by atoms with Crippen molar-refractivity contribution >= 4 is 11.9 Å². The van der Waals surface area contributed by atoms with Crippen LogP contribution in [0.15, 0.2) is 0 Å². The van der Waals surface area contributed by atoms with E-state index < -0.39 is 30.5 Å². The van der Waals surface area contributed by atoms with E-state index in [0.29, 0.717) is 0 Å². The number of carboxylic acids is 2. The molecule has 5 N–H and O–H groups in total. The van der Waals surface area contributed by atoms with Crippen molar-refractivity contribution in [2.45, 2.75) is 6.04 Å². The van der Waals surface area contributed by atoms with Gasteiger partial charge in [-0.25, -0.2) is 0 Å². The fraction of sp³-hybridized carbons (Fsp3) is 0.600. The fourth-order valence-electron chi connectivity index (χ4n) is 0.517. The molecule has 2 unspecified atom stereocenters. The molecule has 0 radical (unpaired) electrons. The summed E-state index contributed by atoms with van der Waals surface area (Å²) in [5.74, 6) is -4.29. The molecule has 0 spiro atoms. The second-order valence-corrected chi connectivity index (χ2v) is 1.99. The molecule has 0 fully saturated rings. The van der Waals surface area contributed by atoms with Gasteiger partial charge in [-0.15, -0.1) is 0 Å². The van der Waals surface area contributed by atoms with E-state index in [4.69, 9.17) is 21.1 Å². The lowest BCUT2D eigenvalue weighted by atomic mass is 10.0. The maximum Gasteiger partial charge on any atom is 0.321 e. The first-order valence-corrected chi connectivity index (χ1v) is 2.82. The molecule has 0 aromatic carbocycles. The smallest absolute Gasteiger partial charge is 0.321 e. The first kappa shape index (κ1) is 9.86. The van der Waals surface area contributed by atoms with Crippen molar-refractivity contribution in [1.29, 1.82) is 0 Å². The third kappa shape index (κ3) is 2.52. The molecule has 0 aliphatic carbocycles. The average molecular weight is 163 g/mol. The molecule has 0 amide bonds. The number of rotatable bonds is 4. The summed E-state index contributed by atoms with van der Waals surface area (Å²) in [6.45, 7) is -0.775. The molecule has 6 heteroatoms. The molecule has 0 saturated heterocycles. The third-order valence-electron chi connectivity index (χ3n) is 1.23. The van der Waals surface area contributed by atoms with Crippen molar-refractivity contribution in [3.63, 3.8) is 0 Å². The summed E-state index contributed by atoms with van der Waals surface area (Å²) < 4.78 is 0. The lowest BCUT2D eigenvalue weighted by Crippen LogP contribution is -2.43. The average Bonchev–Trinajstić information content (AvgIpc) is 1.88. The van der Waals surface area contributed by atoms with Crippen molar-refractivity contribution in [2.24, 2.45) is 11.7 Å². The van der Waals surface area contributed by atoms with Gasteiger partial charge in [0.1, 0.15) is 12.0 Å². The highest BCUT2D eigenvalue weighted by Gasteiger charge is 2.29. The largest absolute Gasteiger partial charge is 0.481 e. The molecule has 2 atom stereocenters. The van der Waals surface area contributed by atoms with Gasteiger partial charge in [-0.3, -0.25) is 9.59 Å². The Morgan fingerprint density at radius 1 is 1.27 bits per heavy atom. The molecule has 6 nitrogen and oxygen atoms in total. The highest BCUT2D eigenvalue weighted by atomic mass is 16.4. The Balaban J connectivity index is 4.25. The molecular formula is C5H9NO5. The Hall–Kier alpha value is -1.14. The highest BCUT2D eigenvalue weighted by molar-refractivity contribution is 5.82. The van der Waals surface area contributed by atoms with Gasteiger partial charge in [0.25, 0.3) is 0 Å². The van der Waals surface area contributed by atoms with E-state index in [9.17, 15) is 9.59 Å². The molecule has 64 valence electrons. The number of hydrogen-bond acceptors (Lipinski definition) is 4. The van der Waals surface area contributed by atoms with Crippen molar-refractivity contribution in [3.8, 4) is 0 Å². The molecular weight excluding hydrogens is 154 g/mol. The van der Waals surface area contributed by atoms with Gasteiger partial charge in [-0.2, -0.15) is 0 Å². The van der Waals surface area contributed by atoms with Crippen molar-refractivity contribution < 1.29 is 24.9 Å². The van der Waals surface area contributed by atoms with Crippen LogP contribution in [0, 0.1) is 5.92 Å². The summed E-state index contributed by atoms with van der Waals surface area (Å²) in [5.41, 5.74) is 4.93. The van der Waals surface area contributed by atoms with E-state index in [1.807, 2.05) is 0 Å². The SMILES string of the molecule is NC(C(=O)O)C(CO)C(=O)O. The Kier molecular flexibility index (Phi) is 3.49. The van der Waals surface area contributed by atoms with E-state index in [2.05, 4.69) is 0 Å². The normalized spacial score (nSPS) is 15.5. The standard InChI is InChI=1S/C5H9NO5/c6-3(5(10)11)2(1-7)4(8)9/h2-3,7H,1,6H2,(H,8,9)(H,10,11). The van der Waals surface area contributed by atoms with E-state index in [-0.39, 0.29) is 0 Å². The van der Waals surface area contributed by atoms with E-state index >= 15 is 0 Å². The molecule has 0 heterocycles. The van der Waals surface area contributed by atoms with Gasteiger partial charge >= 0.3 is 11.9 Å². The minimum Gasteiger partial charge on any atom is -0.481 e. The van der Waals surface area contributed by atoms with Crippen molar-refractivity contribution in [1.82, 2.24) is 0 Å². The van der Waals surface area contributed by atoms with Gasteiger partial charge in [-0.05, 0) is 0 Å². The van der Waals surface area contributed by atoms with Crippen molar-refractivity contribution in [2.75, 3.05) is 6.61 Å². The van der Waals surface area contributed by atoms with Crippen molar-refractivity contribution in [3.05, 3.63) is 0 Å². The summed E-state index contributed by atoms with van der Waals surface area (Å²) in [5, 5.41) is 24.9. The number of aliphatic hydroxyl groups excluding tert-OH is 1. The zero-order valence-electron chi connectivity index (χ0n) is 5.60. The maximum atomic E-state index is 10.2. The van der Waals surface area contributed by atoms with Crippen LogP contribution in [-0.2, 0) is 9.59 Å². The number of carboxylic acid groups (broad SMARTS) is 2. The van der Waals surface area contributed by atoms with Crippen LogP contribution < -0.4 is 5.73 Å². The second kappa shape index (κ2) is 3.89. The van der Waals surface area contributed by atoms with Gasteiger partial charge in [-0.1, -0.05) is 0 Å². The number of carbonyl (C=O) groups is 2. The first-order valence-electron chi connectivity index (χ1n) is 2.82. The minimum absolute atomic E-state index is 0.775. The fourth-order valence-corrected chi connectivity index (χ4v) is 0.517. The van der Waals surface area contributed by atoms with E-state index in [1.54, 1.807) is 0 Å². The number of hydrogen-bond donors (Lipinski definition) is 4. The number of aliphatic hydroxyl groups is 1. The van der Waals surface area contributed by atoms with Gasteiger partial charge < -0.3 is 21.1 Å². The van der Waals surface area contributed by atoms with Crippen LogP contribution in [0.1, 0.15) is 0 Å². The Morgan fingerprint density at radius 2 is 1.73 bits per heavy atom. The Morgan fingerprint density at radius 3 is 1.82 bits per heavy atom. The Bertz CT molecular complexity index is 168. The van der Waals surface area contributed by atoms with Gasteiger partial charge in [0, 0.05) is 0 Å². The first-order chi connectivity index (χ1) is 5.00. The molecule has 11 heavy (non-hydrogen) atoms. The summed E-state index contributed by atoms with van der Waals surface area (Å²) in [6.07, 6.45) is 0. The van der Waals surface area contributed by atoms with E-state index in [0.717, 1.165) is 0 Å². The number of nitrogens with two attached hydrogens (primary N) is 1. The zero-order chi connectivity index (χ0) is 9.02. The molecule has 0 bridgehead atoms. The van der Waals surface area contributed by atoms with Gasteiger partial charge in [0.15, 0.2) is 0 Å². The minimum atomic E-state index is -1.56. The topological polar surface area (TPSA) is 121 Å². The molecule has 0 aromatic heterocycles. The molecule has 0 aliphatic heterocycles. The summed E-state index contributed by atoms with van der Waals surface area (Å²) in [4.78, 5) is 20.3. The van der Waals surface area contributed by atoms with Crippen LogP contribution in [0.2, 0.25) is 0 Å².